The predicted octanol–water partition coefficient (Wildman–Crippen LogP) is 4.40. The lowest BCUT2D eigenvalue weighted by Gasteiger charge is -2.16. The first kappa shape index (κ1) is 18.4. The fourth-order valence-electron chi connectivity index (χ4n) is 2.90. The van der Waals surface area contributed by atoms with Gasteiger partial charge >= 0.3 is 0 Å². The van der Waals surface area contributed by atoms with E-state index < -0.39 is 0 Å². The van der Waals surface area contributed by atoms with Crippen molar-refractivity contribution >= 4 is 11.6 Å². The molecule has 0 saturated carbocycles. The SMILES string of the molecule is CN(C(=O)c1cn(Cc2ccccc2)nn1)c1ccc(Oc2ccccc2)cc1. The van der Waals surface area contributed by atoms with Crippen LogP contribution in [0.25, 0.3) is 0 Å². The van der Waals surface area contributed by atoms with Crippen molar-refractivity contribution in [1.82, 2.24) is 15.0 Å². The molecule has 0 radical (unpaired) electrons. The summed E-state index contributed by atoms with van der Waals surface area (Å²) in [5.41, 5.74) is 2.14. The first-order chi connectivity index (χ1) is 14.2. The van der Waals surface area contributed by atoms with Gasteiger partial charge in [0, 0.05) is 12.7 Å². The minimum Gasteiger partial charge on any atom is -0.457 e. The summed E-state index contributed by atoms with van der Waals surface area (Å²) in [6.45, 7) is 0.566. The minimum atomic E-state index is -0.221. The van der Waals surface area contributed by atoms with E-state index in [2.05, 4.69) is 10.3 Å². The monoisotopic (exact) mass is 384 g/mol. The number of carbonyl (C=O) groups is 1. The number of nitrogens with zero attached hydrogens (tertiary/aromatic N) is 4. The molecule has 4 rings (SSSR count). The molecular formula is C23H20N4O2. The van der Waals surface area contributed by atoms with E-state index in [1.807, 2.05) is 84.9 Å². The molecule has 0 atom stereocenters. The highest BCUT2D eigenvalue weighted by atomic mass is 16.5. The predicted molar refractivity (Wildman–Crippen MR) is 111 cm³/mol. The zero-order chi connectivity index (χ0) is 20.1. The Morgan fingerprint density at radius 3 is 2.21 bits per heavy atom. The summed E-state index contributed by atoms with van der Waals surface area (Å²) in [4.78, 5) is 14.3. The molecule has 1 aromatic heterocycles. The number of carbonyl (C=O) groups excluding carboxylic acids is 1. The number of anilines is 1. The number of hydrogen-bond donors (Lipinski definition) is 0. The lowest BCUT2D eigenvalue weighted by molar-refractivity contribution is 0.0988. The molecule has 0 bridgehead atoms. The van der Waals surface area contributed by atoms with Crippen molar-refractivity contribution in [2.24, 2.45) is 0 Å². The molecule has 0 saturated heterocycles. The normalized spacial score (nSPS) is 10.5. The molecule has 0 fully saturated rings. The van der Waals surface area contributed by atoms with Crippen LogP contribution in [-0.2, 0) is 6.54 Å². The first-order valence-corrected chi connectivity index (χ1v) is 9.24. The second-order valence-corrected chi connectivity index (χ2v) is 6.56. The Balaban J connectivity index is 1.42. The third-order valence-electron chi connectivity index (χ3n) is 4.45. The maximum absolute atomic E-state index is 12.8. The summed E-state index contributed by atoms with van der Waals surface area (Å²) in [7, 11) is 1.71. The molecule has 1 heterocycles. The van der Waals surface area contributed by atoms with Crippen LogP contribution in [0.1, 0.15) is 16.1 Å². The van der Waals surface area contributed by atoms with Crippen LogP contribution in [-0.4, -0.2) is 27.9 Å². The topological polar surface area (TPSA) is 60.2 Å². The van der Waals surface area contributed by atoms with E-state index in [-0.39, 0.29) is 5.91 Å². The third kappa shape index (κ3) is 4.50. The summed E-state index contributed by atoms with van der Waals surface area (Å²) in [6, 6.07) is 26.8. The van der Waals surface area contributed by atoms with E-state index in [0.717, 1.165) is 17.0 Å². The second-order valence-electron chi connectivity index (χ2n) is 6.56. The van der Waals surface area contributed by atoms with Gasteiger partial charge in [-0.1, -0.05) is 53.7 Å². The fourth-order valence-corrected chi connectivity index (χ4v) is 2.90. The molecule has 0 aliphatic carbocycles. The maximum Gasteiger partial charge on any atom is 0.280 e. The van der Waals surface area contributed by atoms with E-state index in [0.29, 0.717) is 18.0 Å². The summed E-state index contributed by atoms with van der Waals surface area (Å²) in [5, 5.41) is 8.10. The molecule has 144 valence electrons. The zero-order valence-corrected chi connectivity index (χ0v) is 16.0. The van der Waals surface area contributed by atoms with Crippen LogP contribution >= 0.6 is 0 Å². The number of amides is 1. The summed E-state index contributed by atoms with van der Waals surface area (Å²) in [6.07, 6.45) is 1.67. The van der Waals surface area contributed by atoms with Gasteiger partial charge in [0.1, 0.15) is 11.5 Å². The van der Waals surface area contributed by atoms with Gasteiger partial charge in [0.05, 0.1) is 12.7 Å². The van der Waals surface area contributed by atoms with Gasteiger partial charge in [-0.2, -0.15) is 0 Å². The van der Waals surface area contributed by atoms with Crippen LogP contribution in [0.3, 0.4) is 0 Å². The zero-order valence-electron chi connectivity index (χ0n) is 16.0. The van der Waals surface area contributed by atoms with Gasteiger partial charge < -0.3 is 9.64 Å². The van der Waals surface area contributed by atoms with Gasteiger partial charge in [0.2, 0.25) is 0 Å². The highest BCUT2D eigenvalue weighted by Crippen LogP contribution is 2.24. The number of rotatable bonds is 6. The highest BCUT2D eigenvalue weighted by Gasteiger charge is 2.17. The molecule has 0 aliphatic rings. The number of benzene rings is 3. The maximum atomic E-state index is 12.8. The minimum absolute atomic E-state index is 0.221. The van der Waals surface area contributed by atoms with Crippen LogP contribution in [0.5, 0.6) is 11.5 Å². The molecule has 0 N–H and O–H groups in total. The molecule has 29 heavy (non-hydrogen) atoms. The molecule has 3 aromatic carbocycles. The lowest BCUT2D eigenvalue weighted by Crippen LogP contribution is -2.26. The van der Waals surface area contributed by atoms with Crippen molar-refractivity contribution < 1.29 is 9.53 Å². The standard InChI is InChI=1S/C23H20N4O2/c1-26(19-12-14-21(15-13-19)29-20-10-6-3-7-11-20)23(28)22-17-27(25-24-22)16-18-8-4-2-5-9-18/h2-15,17H,16H2,1H3. The third-order valence-corrected chi connectivity index (χ3v) is 4.45. The van der Waals surface area contributed by atoms with Crippen molar-refractivity contribution in [1.29, 1.82) is 0 Å². The largest absolute Gasteiger partial charge is 0.457 e. The molecule has 6 heteroatoms. The van der Waals surface area contributed by atoms with E-state index in [9.17, 15) is 4.79 Å². The van der Waals surface area contributed by atoms with E-state index in [4.69, 9.17) is 4.74 Å². The number of hydrogen-bond acceptors (Lipinski definition) is 4. The summed E-state index contributed by atoms with van der Waals surface area (Å²) >= 11 is 0. The van der Waals surface area contributed by atoms with E-state index in [1.54, 1.807) is 22.8 Å². The van der Waals surface area contributed by atoms with Crippen molar-refractivity contribution in [2.75, 3.05) is 11.9 Å². The van der Waals surface area contributed by atoms with Crippen molar-refractivity contribution in [3.05, 3.63) is 102 Å². The van der Waals surface area contributed by atoms with Crippen LogP contribution in [0.15, 0.2) is 91.1 Å². The lowest BCUT2D eigenvalue weighted by atomic mass is 10.2. The summed E-state index contributed by atoms with van der Waals surface area (Å²) < 4.78 is 7.45. The molecule has 4 aromatic rings. The average molecular weight is 384 g/mol. The van der Waals surface area contributed by atoms with Crippen LogP contribution in [0.2, 0.25) is 0 Å². The number of aromatic nitrogens is 3. The summed E-state index contributed by atoms with van der Waals surface area (Å²) in [5.74, 6) is 1.25. The molecule has 6 nitrogen and oxygen atoms in total. The van der Waals surface area contributed by atoms with Gasteiger partial charge in [0.25, 0.3) is 5.91 Å². The van der Waals surface area contributed by atoms with Gasteiger partial charge in [-0.3, -0.25) is 4.79 Å². The Bertz CT molecular complexity index is 1080. The molecular weight excluding hydrogens is 364 g/mol. The first-order valence-electron chi connectivity index (χ1n) is 9.24. The van der Waals surface area contributed by atoms with Crippen molar-refractivity contribution in [2.45, 2.75) is 6.54 Å². The number of ether oxygens (including phenoxy) is 1. The molecule has 0 unspecified atom stereocenters. The average Bonchev–Trinajstić information content (AvgIpc) is 3.23. The van der Waals surface area contributed by atoms with Crippen molar-refractivity contribution in [3.8, 4) is 11.5 Å². The van der Waals surface area contributed by atoms with Crippen LogP contribution < -0.4 is 9.64 Å². The fraction of sp³-hybridized carbons (Fsp3) is 0.0870. The molecule has 0 aliphatic heterocycles. The smallest absolute Gasteiger partial charge is 0.280 e. The second kappa shape index (κ2) is 8.39. The van der Waals surface area contributed by atoms with Gasteiger partial charge in [0.15, 0.2) is 5.69 Å². The van der Waals surface area contributed by atoms with Crippen LogP contribution in [0.4, 0.5) is 5.69 Å². The Kier molecular flexibility index (Phi) is 5.33. The molecule has 1 amide bonds. The molecule has 0 spiro atoms. The van der Waals surface area contributed by atoms with Crippen molar-refractivity contribution in [3.63, 3.8) is 0 Å². The van der Waals surface area contributed by atoms with E-state index in [1.165, 1.54) is 0 Å². The van der Waals surface area contributed by atoms with Gasteiger partial charge in [-0.25, -0.2) is 4.68 Å². The Hall–Kier alpha value is -3.93. The van der Waals surface area contributed by atoms with Gasteiger partial charge in [-0.15, -0.1) is 5.10 Å². The van der Waals surface area contributed by atoms with Crippen LogP contribution in [0, 0.1) is 0 Å². The van der Waals surface area contributed by atoms with E-state index >= 15 is 0 Å². The van der Waals surface area contributed by atoms with Gasteiger partial charge in [-0.05, 0) is 42.0 Å². The number of para-hydroxylation sites is 1. The Labute approximate surface area is 169 Å². The quantitative estimate of drug-likeness (QED) is 0.494. The highest BCUT2D eigenvalue weighted by molar-refractivity contribution is 6.04. The Morgan fingerprint density at radius 2 is 1.52 bits per heavy atom. The Morgan fingerprint density at radius 1 is 0.897 bits per heavy atom.